The Hall–Kier alpha value is -1.38. The molecular weight excluding hydrogens is 500 g/mol. The topological polar surface area (TPSA) is 167 Å². The van der Waals surface area contributed by atoms with Crippen LogP contribution in [0.2, 0.25) is 0 Å². The van der Waals surface area contributed by atoms with E-state index >= 15 is 0 Å². The summed E-state index contributed by atoms with van der Waals surface area (Å²) in [5.41, 5.74) is 0. The zero-order valence-corrected chi connectivity index (χ0v) is 21.0. The number of Topliss-reactive ketones (excluding diaryl/α,β-unsaturated/α-hetero) is 2. The zero-order chi connectivity index (χ0) is 24.7. The summed E-state index contributed by atoms with van der Waals surface area (Å²) in [5, 5.41) is 20.8. The van der Waals surface area contributed by atoms with E-state index in [1.54, 1.807) is 0 Å². The minimum absolute atomic E-state index is 0.0593. The summed E-state index contributed by atoms with van der Waals surface area (Å²) in [5.74, 6) is -4.69. The monoisotopic (exact) mass is 528 g/mol. The number of carbonyl (C=O) groups excluding carboxylic acids is 4. The van der Waals surface area contributed by atoms with Crippen molar-refractivity contribution in [3.8, 4) is 0 Å². The number of ketones is 2. The first-order chi connectivity index (χ1) is 15.0. The predicted octanol–water partition coefficient (Wildman–Crippen LogP) is 0.887. The minimum atomic E-state index is -1.63. The Bertz CT molecular complexity index is 690. The molecule has 0 saturated carbocycles. The fraction of sp³-hybridized carbons (Fsp3) is 0.667. The average Bonchev–Trinajstić information content (AvgIpc) is 2.71. The van der Waals surface area contributed by atoms with Crippen molar-refractivity contribution in [2.45, 2.75) is 48.9 Å². The van der Waals surface area contributed by atoms with Crippen molar-refractivity contribution >= 4 is 81.3 Å². The third kappa shape index (κ3) is 14.6. The molecule has 0 radical (unpaired) electrons. The SMILES string of the molecule is CC(C)SC(CCC(=O)NCCSSCCNC(=O)CC(S)C(=O)C(=O)O)C(=O)C(=O)O. The van der Waals surface area contributed by atoms with Gasteiger partial charge >= 0.3 is 11.9 Å². The van der Waals surface area contributed by atoms with Crippen molar-refractivity contribution in [2.75, 3.05) is 24.6 Å². The van der Waals surface area contributed by atoms with Gasteiger partial charge < -0.3 is 20.8 Å². The molecule has 0 aromatic heterocycles. The Morgan fingerprint density at radius 1 is 0.844 bits per heavy atom. The number of nitrogens with one attached hydrogen (secondary N) is 2. The summed E-state index contributed by atoms with van der Waals surface area (Å²) in [4.78, 5) is 67.8. The van der Waals surface area contributed by atoms with Gasteiger partial charge in [-0.05, 0) is 11.7 Å². The number of thioether (sulfide) groups is 1. The van der Waals surface area contributed by atoms with Crippen LogP contribution >= 0.6 is 46.0 Å². The van der Waals surface area contributed by atoms with Crippen LogP contribution in [0.25, 0.3) is 0 Å². The van der Waals surface area contributed by atoms with Gasteiger partial charge in [-0.2, -0.15) is 12.6 Å². The standard InChI is InChI=1S/C18H28N2O8S4/c1-10(2)32-12(16(24)18(27)28)3-4-13(21)19-5-7-30-31-8-6-20-14(22)9-11(29)15(23)17(25)26/h10-12,29H,3-9H2,1-2H3,(H,19,21)(H,20,22)(H,25,26)(H,27,28). The highest BCUT2D eigenvalue weighted by Crippen LogP contribution is 2.23. The number of hydrogen-bond acceptors (Lipinski definition) is 10. The number of aliphatic carboxylic acids is 2. The molecule has 0 heterocycles. The Morgan fingerprint density at radius 2 is 1.34 bits per heavy atom. The lowest BCUT2D eigenvalue weighted by Crippen LogP contribution is -2.32. The van der Waals surface area contributed by atoms with E-state index in [0.717, 1.165) is 0 Å². The fourth-order valence-electron chi connectivity index (χ4n) is 2.14. The third-order valence-corrected chi connectivity index (χ3v) is 7.71. The van der Waals surface area contributed by atoms with Crippen molar-refractivity contribution < 1.29 is 39.0 Å². The van der Waals surface area contributed by atoms with Crippen LogP contribution in [0.3, 0.4) is 0 Å². The van der Waals surface area contributed by atoms with Crippen LogP contribution in [-0.4, -0.2) is 85.9 Å². The molecule has 2 amide bonds. The molecule has 0 spiro atoms. The van der Waals surface area contributed by atoms with E-state index < -0.39 is 39.9 Å². The molecule has 0 saturated heterocycles. The Labute approximate surface area is 204 Å². The molecule has 0 aromatic rings. The van der Waals surface area contributed by atoms with Crippen LogP contribution in [0.1, 0.15) is 33.1 Å². The highest BCUT2D eigenvalue weighted by atomic mass is 33.1. The van der Waals surface area contributed by atoms with Gasteiger partial charge in [0.15, 0.2) is 0 Å². The lowest BCUT2D eigenvalue weighted by molar-refractivity contribution is -0.149. The van der Waals surface area contributed by atoms with Crippen LogP contribution in [-0.2, 0) is 28.8 Å². The van der Waals surface area contributed by atoms with Gasteiger partial charge in [0, 0.05) is 37.4 Å². The second-order valence-corrected chi connectivity index (χ2v) is 11.7. The number of thiol groups is 1. The second kappa shape index (κ2) is 17.1. The molecule has 0 fully saturated rings. The summed E-state index contributed by atoms with van der Waals surface area (Å²) in [6.07, 6.45) is -0.0942. The van der Waals surface area contributed by atoms with Gasteiger partial charge in [0.25, 0.3) is 11.6 Å². The molecule has 10 nitrogen and oxygen atoms in total. The molecule has 182 valence electrons. The summed E-state index contributed by atoms with van der Waals surface area (Å²) in [6, 6.07) is 0. The van der Waals surface area contributed by atoms with E-state index in [0.29, 0.717) is 24.6 Å². The molecule has 0 rings (SSSR count). The quantitative estimate of drug-likeness (QED) is 0.0741. The lowest BCUT2D eigenvalue weighted by Gasteiger charge is -2.15. The summed E-state index contributed by atoms with van der Waals surface area (Å²) < 4.78 is 0. The first kappa shape index (κ1) is 30.6. The largest absolute Gasteiger partial charge is 0.475 e. The molecule has 2 atom stereocenters. The van der Waals surface area contributed by atoms with Crippen molar-refractivity contribution in [2.24, 2.45) is 0 Å². The summed E-state index contributed by atoms with van der Waals surface area (Å²) in [7, 11) is 2.95. The maximum absolute atomic E-state index is 11.9. The zero-order valence-electron chi connectivity index (χ0n) is 17.7. The molecular formula is C18H28N2O8S4. The highest BCUT2D eigenvalue weighted by molar-refractivity contribution is 8.76. The van der Waals surface area contributed by atoms with Crippen LogP contribution in [0.4, 0.5) is 0 Å². The van der Waals surface area contributed by atoms with Gasteiger partial charge in [-0.15, -0.1) is 11.8 Å². The Morgan fingerprint density at radius 3 is 1.81 bits per heavy atom. The van der Waals surface area contributed by atoms with Crippen molar-refractivity contribution in [3.05, 3.63) is 0 Å². The first-order valence-electron chi connectivity index (χ1n) is 9.61. The number of hydrogen-bond donors (Lipinski definition) is 5. The van der Waals surface area contributed by atoms with Crippen LogP contribution in [0.5, 0.6) is 0 Å². The Balaban J connectivity index is 3.89. The molecule has 0 bridgehead atoms. The van der Waals surface area contributed by atoms with E-state index in [1.807, 2.05) is 13.8 Å². The highest BCUT2D eigenvalue weighted by Gasteiger charge is 2.27. The van der Waals surface area contributed by atoms with Gasteiger partial charge in [0.1, 0.15) is 0 Å². The number of carboxylic acid groups (broad SMARTS) is 2. The smallest absolute Gasteiger partial charge is 0.373 e. The van der Waals surface area contributed by atoms with Gasteiger partial charge in [0.2, 0.25) is 11.8 Å². The molecule has 0 aromatic carbocycles. The molecule has 2 unspecified atom stereocenters. The molecule has 32 heavy (non-hydrogen) atoms. The van der Waals surface area contributed by atoms with Gasteiger partial charge in [0.05, 0.1) is 10.5 Å². The predicted molar refractivity (Wildman–Crippen MR) is 129 cm³/mol. The van der Waals surface area contributed by atoms with Crippen LogP contribution in [0.15, 0.2) is 0 Å². The average molecular weight is 529 g/mol. The maximum atomic E-state index is 11.9. The second-order valence-electron chi connectivity index (χ2n) is 6.61. The van der Waals surface area contributed by atoms with Crippen molar-refractivity contribution in [3.63, 3.8) is 0 Å². The van der Waals surface area contributed by atoms with E-state index in [9.17, 15) is 28.8 Å². The Kier molecular flexibility index (Phi) is 16.4. The molecule has 0 aliphatic carbocycles. The van der Waals surface area contributed by atoms with Gasteiger partial charge in [-0.25, -0.2) is 9.59 Å². The lowest BCUT2D eigenvalue weighted by atomic mass is 10.1. The third-order valence-electron chi connectivity index (χ3n) is 3.56. The molecule has 14 heteroatoms. The van der Waals surface area contributed by atoms with Crippen LogP contribution in [0, 0.1) is 0 Å². The fourth-order valence-corrected chi connectivity index (χ4v) is 5.37. The number of amides is 2. The van der Waals surface area contributed by atoms with Gasteiger partial charge in [-0.1, -0.05) is 35.4 Å². The maximum Gasteiger partial charge on any atom is 0.373 e. The molecule has 0 aliphatic heterocycles. The number of rotatable bonds is 18. The van der Waals surface area contributed by atoms with Crippen LogP contribution < -0.4 is 10.6 Å². The normalized spacial score (nSPS) is 12.6. The minimum Gasteiger partial charge on any atom is -0.475 e. The summed E-state index contributed by atoms with van der Waals surface area (Å²) >= 11 is 5.03. The number of carbonyl (C=O) groups is 6. The van der Waals surface area contributed by atoms with E-state index in [-0.39, 0.29) is 30.4 Å². The van der Waals surface area contributed by atoms with Gasteiger partial charge in [-0.3, -0.25) is 19.2 Å². The van der Waals surface area contributed by atoms with E-state index in [1.165, 1.54) is 33.3 Å². The van der Waals surface area contributed by atoms with Crippen molar-refractivity contribution in [1.82, 2.24) is 10.6 Å². The van der Waals surface area contributed by atoms with E-state index in [4.69, 9.17) is 10.2 Å². The molecule has 0 aliphatic rings. The number of carboxylic acids is 2. The molecule has 4 N–H and O–H groups in total. The first-order valence-corrected chi connectivity index (χ1v) is 13.6. The summed E-state index contributed by atoms with van der Waals surface area (Å²) in [6.45, 7) is 4.43. The van der Waals surface area contributed by atoms with E-state index in [2.05, 4.69) is 23.3 Å². The van der Waals surface area contributed by atoms with Crippen molar-refractivity contribution in [1.29, 1.82) is 0 Å².